The minimum absolute atomic E-state index is 0.142. The molecule has 2 N–H and O–H groups in total. The fourth-order valence-corrected chi connectivity index (χ4v) is 4.24. The maximum absolute atomic E-state index is 13.3. The Morgan fingerprint density at radius 2 is 1.75 bits per heavy atom. The molecule has 0 bridgehead atoms. The van der Waals surface area contributed by atoms with Crippen LogP contribution in [0.1, 0.15) is 40.4 Å². The van der Waals surface area contributed by atoms with Crippen molar-refractivity contribution in [2.45, 2.75) is 37.6 Å². The Morgan fingerprint density at radius 3 is 2.44 bits per heavy atom. The minimum Gasteiger partial charge on any atom is -0.497 e. The number of nitrogens with one attached hydrogen (secondary N) is 2. The highest BCUT2D eigenvalue weighted by Gasteiger charge is 2.47. The van der Waals surface area contributed by atoms with E-state index < -0.39 is 18.2 Å². The van der Waals surface area contributed by atoms with Crippen molar-refractivity contribution in [1.82, 2.24) is 10.2 Å². The van der Waals surface area contributed by atoms with Crippen LogP contribution in [0.5, 0.6) is 5.75 Å². The average molecular weight is 486 g/mol. The number of methoxy groups -OCH3 is 1. The van der Waals surface area contributed by atoms with Crippen LogP contribution in [-0.2, 0) is 16.1 Å². The average Bonchev–Trinajstić information content (AvgIpc) is 3.66. The summed E-state index contributed by atoms with van der Waals surface area (Å²) in [7, 11) is 1.58. The van der Waals surface area contributed by atoms with Gasteiger partial charge in [-0.15, -0.1) is 0 Å². The number of cyclic esters (lactones) is 1. The second kappa shape index (κ2) is 10.1. The van der Waals surface area contributed by atoms with Gasteiger partial charge >= 0.3 is 6.09 Å². The van der Waals surface area contributed by atoms with Crippen LogP contribution in [-0.4, -0.2) is 42.0 Å². The molecule has 0 radical (unpaired) electrons. The summed E-state index contributed by atoms with van der Waals surface area (Å²) in [5.74, 6) is 0.211. The molecule has 8 nitrogen and oxygen atoms in total. The second-order valence-electron chi connectivity index (χ2n) is 8.95. The van der Waals surface area contributed by atoms with Crippen LogP contribution in [0, 0.1) is 0 Å². The lowest BCUT2D eigenvalue weighted by Crippen LogP contribution is -2.46. The van der Waals surface area contributed by atoms with Crippen molar-refractivity contribution in [3.05, 3.63) is 95.6 Å². The number of carbonyl (C=O) groups is 3. The molecule has 2 atom stereocenters. The van der Waals surface area contributed by atoms with E-state index in [-0.39, 0.29) is 24.4 Å². The summed E-state index contributed by atoms with van der Waals surface area (Å²) in [5, 5.41) is 5.87. The first-order valence-electron chi connectivity index (χ1n) is 11.9. The fourth-order valence-electron chi connectivity index (χ4n) is 4.24. The Balaban J connectivity index is 1.36. The Kier molecular flexibility index (Phi) is 6.58. The van der Waals surface area contributed by atoms with E-state index in [1.807, 2.05) is 30.3 Å². The van der Waals surface area contributed by atoms with E-state index in [2.05, 4.69) is 10.6 Å². The monoisotopic (exact) mass is 485 g/mol. The van der Waals surface area contributed by atoms with Crippen LogP contribution in [0.2, 0.25) is 0 Å². The van der Waals surface area contributed by atoms with Crippen LogP contribution in [0.25, 0.3) is 0 Å². The van der Waals surface area contributed by atoms with E-state index in [0.29, 0.717) is 22.6 Å². The highest BCUT2D eigenvalue weighted by molar-refractivity contribution is 6.04. The van der Waals surface area contributed by atoms with Gasteiger partial charge in [0.1, 0.15) is 5.75 Å². The van der Waals surface area contributed by atoms with Crippen molar-refractivity contribution >= 4 is 23.6 Å². The molecule has 8 heteroatoms. The molecule has 1 saturated carbocycles. The highest BCUT2D eigenvalue weighted by Crippen LogP contribution is 2.35. The predicted molar refractivity (Wildman–Crippen MR) is 134 cm³/mol. The summed E-state index contributed by atoms with van der Waals surface area (Å²) >= 11 is 0. The first kappa shape index (κ1) is 23.4. The maximum atomic E-state index is 13.3. The maximum Gasteiger partial charge on any atom is 0.411 e. The van der Waals surface area contributed by atoms with Crippen molar-refractivity contribution in [2.24, 2.45) is 0 Å². The standard InChI is InChI=1S/C28H27N3O5/c1-35-23-9-5-6-18(16-23)17-31-24(27(33)30-22-14-15-22)25(36-28(31)34)19-10-12-21(13-11-19)29-26(32)20-7-3-2-4-8-20/h2-13,16,22,24-25H,14-15,17H2,1H3,(H,29,32)(H,30,33). The lowest BCUT2D eigenvalue weighted by Gasteiger charge is -2.24. The Hall–Kier alpha value is -4.33. The van der Waals surface area contributed by atoms with E-state index in [0.717, 1.165) is 18.4 Å². The van der Waals surface area contributed by atoms with Gasteiger partial charge in [0.05, 0.1) is 13.7 Å². The van der Waals surface area contributed by atoms with Crippen molar-refractivity contribution in [3.8, 4) is 5.75 Å². The minimum atomic E-state index is -0.825. The summed E-state index contributed by atoms with van der Waals surface area (Å²) in [6, 6.07) is 22.6. The molecular weight excluding hydrogens is 458 g/mol. The summed E-state index contributed by atoms with van der Waals surface area (Å²) < 4.78 is 11.0. The highest BCUT2D eigenvalue weighted by atomic mass is 16.6. The van der Waals surface area contributed by atoms with E-state index in [4.69, 9.17) is 9.47 Å². The molecule has 0 spiro atoms. The van der Waals surface area contributed by atoms with Crippen LogP contribution in [0.3, 0.4) is 0 Å². The molecular formula is C28H27N3O5. The predicted octanol–water partition coefficient (Wildman–Crippen LogP) is 4.29. The summed E-state index contributed by atoms with van der Waals surface area (Å²) in [6.45, 7) is 0.209. The van der Waals surface area contributed by atoms with Crippen molar-refractivity contribution in [2.75, 3.05) is 12.4 Å². The molecule has 1 saturated heterocycles. The molecule has 0 aromatic heterocycles. The molecule has 1 heterocycles. The van der Waals surface area contributed by atoms with Gasteiger partial charge in [-0.3, -0.25) is 14.5 Å². The second-order valence-corrected chi connectivity index (χ2v) is 8.95. The quantitative estimate of drug-likeness (QED) is 0.496. The van der Waals surface area contributed by atoms with E-state index in [1.165, 1.54) is 4.90 Å². The van der Waals surface area contributed by atoms with Crippen LogP contribution < -0.4 is 15.4 Å². The van der Waals surface area contributed by atoms with Crippen LogP contribution in [0.15, 0.2) is 78.9 Å². The zero-order valence-electron chi connectivity index (χ0n) is 19.8. The van der Waals surface area contributed by atoms with Gasteiger partial charge in [-0.25, -0.2) is 4.79 Å². The number of hydrogen-bond donors (Lipinski definition) is 2. The molecule has 1 aliphatic heterocycles. The number of amides is 3. The molecule has 1 aliphatic carbocycles. The first-order chi connectivity index (χ1) is 17.5. The van der Waals surface area contributed by atoms with Crippen LogP contribution >= 0.6 is 0 Å². The number of carbonyl (C=O) groups excluding carboxylic acids is 3. The van der Waals surface area contributed by atoms with Gasteiger partial charge < -0.3 is 20.1 Å². The number of nitrogens with zero attached hydrogens (tertiary/aromatic N) is 1. The van der Waals surface area contributed by atoms with E-state index >= 15 is 0 Å². The number of rotatable bonds is 8. The topological polar surface area (TPSA) is 97.0 Å². The van der Waals surface area contributed by atoms with Gasteiger partial charge in [0.2, 0.25) is 5.91 Å². The Morgan fingerprint density at radius 1 is 1.00 bits per heavy atom. The van der Waals surface area contributed by atoms with Crippen LogP contribution in [0.4, 0.5) is 10.5 Å². The first-order valence-corrected chi connectivity index (χ1v) is 11.9. The molecule has 3 amide bonds. The molecule has 184 valence electrons. The van der Waals surface area contributed by atoms with E-state index in [9.17, 15) is 14.4 Å². The van der Waals surface area contributed by atoms with E-state index in [1.54, 1.807) is 55.6 Å². The molecule has 36 heavy (non-hydrogen) atoms. The molecule has 2 unspecified atom stereocenters. The van der Waals surface area contributed by atoms with Gasteiger partial charge in [-0.2, -0.15) is 0 Å². The van der Waals surface area contributed by atoms with Gasteiger partial charge in [-0.05, 0) is 60.4 Å². The molecule has 3 aromatic rings. The summed E-state index contributed by atoms with van der Waals surface area (Å²) in [6.07, 6.45) is 0.536. The largest absolute Gasteiger partial charge is 0.497 e. The van der Waals surface area contributed by atoms with Gasteiger partial charge in [0, 0.05) is 17.3 Å². The van der Waals surface area contributed by atoms with Crippen molar-refractivity contribution in [1.29, 1.82) is 0 Å². The Labute approximate surface area is 209 Å². The molecule has 5 rings (SSSR count). The van der Waals surface area contributed by atoms with Gasteiger partial charge in [0.15, 0.2) is 12.1 Å². The third kappa shape index (κ3) is 5.17. The third-order valence-corrected chi connectivity index (χ3v) is 6.30. The molecule has 3 aromatic carbocycles. The van der Waals surface area contributed by atoms with Crippen molar-refractivity contribution < 1.29 is 23.9 Å². The SMILES string of the molecule is COc1cccc(CN2C(=O)OC(c3ccc(NC(=O)c4ccccc4)cc3)C2C(=O)NC2CC2)c1. The molecule has 2 fully saturated rings. The Bertz CT molecular complexity index is 1260. The van der Waals surface area contributed by atoms with Gasteiger partial charge in [-0.1, -0.05) is 42.5 Å². The number of anilines is 1. The third-order valence-electron chi connectivity index (χ3n) is 6.30. The number of ether oxygens (including phenoxy) is 2. The lowest BCUT2D eigenvalue weighted by molar-refractivity contribution is -0.126. The lowest BCUT2D eigenvalue weighted by atomic mass is 10.00. The number of hydrogen-bond acceptors (Lipinski definition) is 5. The number of benzene rings is 3. The summed E-state index contributed by atoms with van der Waals surface area (Å²) in [5.41, 5.74) is 2.65. The normalized spacial score (nSPS) is 18.9. The zero-order chi connectivity index (χ0) is 25.1. The smallest absolute Gasteiger partial charge is 0.411 e. The van der Waals surface area contributed by atoms with Gasteiger partial charge in [0.25, 0.3) is 5.91 Å². The molecule has 2 aliphatic rings. The van der Waals surface area contributed by atoms with Crippen molar-refractivity contribution in [3.63, 3.8) is 0 Å². The zero-order valence-corrected chi connectivity index (χ0v) is 19.8. The summed E-state index contributed by atoms with van der Waals surface area (Å²) in [4.78, 5) is 40.1. The fraction of sp³-hybridized carbons (Fsp3) is 0.250.